The van der Waals surface area contributed by atoms with Crippen molar-refractivity contribution in [3.05, 3.63) is 90.0 Å². The van der Waals surface area contributed by atoms with Gasteiger partial charge in [0.1, 0.15) is 5.75 Å². The quantitative estimate of drug-likeness (QED) is 0.261. The second kappa shape index (κ2) is 5.89. The summed E-state index contributed by atoms with van der Waals surface area (Å²) < 4.78 is 5.23. The van der Waals surface area contributed by atoms with Crippen LogP contribution in [0.15, 0.2) is 78.9 Å². The molecule has 5 aromatic carbocycles. The second-order valence-electron chi connectivity index (χ2n) is 6.62. The largest absolute Gasteiger partial charge is 0.497 e. The number of hydrogen-bond donors (Lipinski definition) is 0. The molecule has 0 atom stereocenters. The number of rotatable bonds is 3. The molecule has 0 bridgehead atoms. The molecule has 0 amide bonds. The maximum Gasteiger partial charge on any atom is 0.118 e. The Balaban J connectivity index is 1.69. The van der Waals surface area contributed by atoms with Crippen molar-refractivity contribution in [2.45, 2.75) is 0 Å². The zero-order chi connectivity index (χ0) is 17.5. The molecule has 0 saturated carbocycles. The first-order chi connectivity index (χ1) is 12.8. The van der Waals surface area contributed by atoms with Crippen LogP contribution in [0, 0.1) is 0 Å². The fourth-order valence-corrected chi connectivity index (χ4v) is 3.80. The van der Waals surface area contributed by atoms with E-state index in [0.29, 0.717) is 0 Å². The van der Waals surface area contributed by atoms with Gasteiger partial charge < -0.3 is 4.74 Å². The van der Waals surface area contributed by atoms with E-state index < -0.39 is 0 Å². The lowest BCUT2D eigenvalue weighted by atomic mass is 9.92. The fourth-order valence-electron chi connectivity index (χ4n) is 3.80. The van der Waals surface area contributed by atoms with E-state index in [-0.39, 0.29) is 0 Å². The highest BCUT2D eigenvalue weighted by Crippen LogP contribution is 2.36. The van der Waals surface area contributed by atoms with E-state index in [2.05, 4.69) is 78.9 Å². The first-order valence-corrected chi connectivity index (χ1v) is 8.82. The Morgan fingerprint density at radius 2 is 1.27 bits per heavy atom. The van der Waals surface area contributed by atoms with Crippen LogP contribution in [-0.4, -0.2) is 7.11 Å². The Labute approximate surface area is 152 Å². The molecule has 1 nitrogen and oxygen atoms in total. The van der Waals surface area contributed by atoms with Crippen LogP contribution in [0.1, 0.15) is 11.1 Å². The summed E-state index contributed by atoms with van der Waals surface area (Å²) in [6.07, 6.45) is 4.36. The van der Waals surface area contributed by atoms with E-state index in [1.165, 1.54) is 37.9 Å². The summed E-state index contributed by atoms with van der Waals surface area (Å²) in [5.41, 5.74) is 2.41. The Bertz CT molecular complexity index is 1230. The molecule has 0 fully saturated rings. The number of benzene rings is 5. The molecule has 1 heteroatoms. The molecular formula is C25H18O. The van der Waals surface area contributed by atoms with Crippen LogP contribution in [0.5, 0.6) is 5.75 Å². The molecule has 0 radical (unpaired) electrons. The van der Waals surface area contributed by atoms with Gasteiger partial charge in [0.05, 0.1) is 7.11 Å². The zero-order valence-electron chi connectivity index (χ0n) is 14.6. The van der Waals surface area contributed by atoms with Gasteiger partial charge in [-0.25, -0.2) is 0 Å². The molecule has 0 aromatic heterocycles. The number of ether oxygens (including phenoxy) is 1. The van der Waals surface area contributed by atoms with Gasteiger partial charge in [-0.05, 0) is 55.6 Å². The van der Waals surface area contributed by atoms with Crippen LogP contribution in [-0.2, 0) is 0 Å². The van der Waals surface area contributed by atoms with Crippen LogP contribution in [0.3, 0.4) is 0 Å². The monoisotopic (exact) mass is 334 g/mol. The zero-order valence-corrected chi connectivity index (χ0v) is 14.6. The fraction of sp³-hybridized carbons (Fsp3) is 0.0400. The normalized spacial score (nSPS) is 11.9. The molecule has 0 aliphatic rings. The summed E-state index contributed by atoms with van der Waals surface area (Å²) in [6.45, 7) is 0. The molecule has 5 rings (SSSR count). The molecule has 0 heterocycles. The highest BCUT2D eigenvalue weighted by atomic mass is 16.5. The lowest BCUT2D eigenvalue weighted by Gasteiger charge is -2.12. The van der Waals surface area contributed by atoms with Gasteiger partial charge in [-0.1, -0.05) is 78.9 Å². The first kappa shape index (κ1) is 15.0. The van der Waals surface area contributed by atoms with E-state index >= 15 is 0 Å². The van der Waals surface area contributed by atoms with E-state index in [0.717, 1.165) is 11.3 Å². The summed E-state index contributed by atoms with van der Waals surface area (Å²) in [7, 11) is 1.69. The van der Waals surface area contributed by atoms with Gasteiger partial charge in [-0.15, -0.1) is 0 Å². The van der Waals surface area contributed by atoms with Crippen molar-refractivity contribution in [1.29, 1.82) is 0 Å². The van der Waals surface area contributed by atoms with Crippen LogP contribution >= 0.6 is 0 Å². The molecule has 124 valence electrons. The van der Waals surface area contributed by atoms with Crippen molar-refractivity contribution in [1.82, 2.24) is 0 Å². The summed E-state index contributed by atoms with van der Waals surface area (Å²) in [5, 5.41) is 7.93. The number of methoxy groups -OCH3 is 1. The predicted octanol–water partition coefficient (Wildman–Crippen LogP) is 6.76. The minimum absolute atomic E-state index is 0.880. The predicted molar refractivity (Wildman–Crippen MR) is 112 cm³/mol. The lowest BCUT2D eigenvalue weighted by molar-refractivity contribution is 0.415. The Hall–Kier alpha value is -3.32. The van der Waals surface area contributed by atoms with Gasteiger partial charge in [0.15, 0.2) is 0 Å². The van der Waals surface area contributed by atoms with Gasteiger partial charge in [-0.2, -0.15) is 0 Å². The highest BCUT2D eigenvalue weighted by Gasteiger charge is 2.09. The van der Waals surface area contributed by atoms with Crippen molar-refractivity contribution in [2.24, 2.45) is 0 Å². The van der Waals surface area contributed by atoms with Crippen molar-refractivity contribution in [3.8, 4) is 5.75 Å². The van der Waals surface area contributed by atoms with Crippen LogP contribution in [0.4, 0.5) is 0 Å². The molecule has 0 unspecified atom stereocenters. The third kappa shape index (κ3) is 2.33. The van der Waals surface area contributed by atoms with Crippen LogP contribution < -0.4 is 4.74 Å². The van der Waals surface area contributed by atoms with E-state index in [1.54, 1.807) is 7.11 Å². The summed E-state index contributed by atoms with van der Waals surface area (Å²) in [5.74, 6) is 0.880. The molecular weight excluding hydrogens is 316 g/mol. The summed E-state index contributed by atoms with van der Waals surface area (Å²) in [4.78, 5) is 0. The molecule has 0 saturated heterocycles. The highest BCUT2D eigenvalue weighted by molar-refractivity contribution is 6.24. The molecule has 5 aromatic rings. The smallest absolute Gasteiger partial charge is 0.118 e. The van der Waals surface area contributed by atoms with Crippen molar-refractivity contribution in [3.63, 3.8) is 0 Å². The van der Waals surface area contributed by atoms with Crippen LogP contribution in [0.25, 0.3) is 44.5 Å². The standard InChI is InChI=1S/C25H18O/c1-26-22-14-6-17(7-15-22)5-8-18-9-10-21-12-11-19-3-2-4-20-13-16-23(18)25(21)24(19)20/h2-16H,1H3/b8-5-. The third-order valence-corrected chi connectivity index (χ3v) is 5.13. The van der Waals surface area contributed by atoms with Crippen molar-refractivity contribution in [2.75, 3.05) is 7.11 Å². The lowest BCUT2D eigenvalue weighted by Crippen LogP contribution is -1.86. The molecule has 0 N–H and O–H groups in total. The van der Waals surface area contributed by atoms with Gasteiger partial charge in [0.25, 0.3) is 0 Å². The topological polar surface area (TPSA) is 9.23 Å². The van der Waals surface area contributed by atoms with Gasteiger partial charge in [0, 0.05) is 0 Å². The third-order valence-electron chi connectivity index (χ3n) is 5.13. The van der Waals surface area contributed by atoms with Crippen LogP contribution in [0.2, 0.25) is 0 Å². The molecule has 26 heavy (non-hydrogen) atoms. The molecule has 0 aliphatic carbocycles. The minimum atomic E-state index is 0.880. The molecule has 0 spiro atoms. The van der Waals surface area contributed by atoms with Gasteiger partial charge in [0.2, 0.25) is 0 Å². The molecule has 0 aliphatic heterocycles. The summed E-state index contributed by atoms with van der Waals surface area (Å²) in [6, 6.07) is 28.0. The second-order valence-corrected chi connectivity index (χ2v) is 6.62. The van der Waals surface area contributed by atoms with E-state index in [1.807, 2.05) is 12.1 Å². The van der Waals surface area contributed by atoms with Gasteiger partial charge in [-0.3, -0.25) is 0 Å². The first-order valence-electron chi connectivity index (χ1n) is 8.82. The minimum Gasteiger partial charge on any atom is -0.497 e. The van der Waals surface area contributed by atoms with E-state index in [4.69, 9.17) is 4.74 Å². The van der Waals surface area contributed by atoms with Crippen molar-refractivity contribution < 1.29 is 4.74 Å². The average Bonchev–Trinajstić information content (AvgIpc) is 2.71. The van der Waals surface area contributed by atoms with Gasteiger partial charge >= 0.3 is 0 Å². The number of hydrogen-bond acceptors (Lipinski definition) is 1. The Morgan fingerprint density at radius 3 is 2.00 bits per heavy atom. The average molecular weight is 334 g/mol. The SMILES string of the molecule is COc1ccc(/C=C\c2ccc3ccc4cccc5ccc2c3c45)cc1. The maximum atomic E-state index is 5.23. The maximum absolute atomic E-state index is 5.23. The Morgan fingerprint density at radius 1 is 0.615 bits per heavy atom. The van der Waals surface area contributed by atoms with Crippen molar-refractivity contribution >= 4 is 44.5 Å². The summed E-state index contributed by atoms with van der Waals surface area (Å²) >= 11 is 0. The van der Waals surface area contributed by atoms with E-state index in [9.17, 15) is 0 Å². The Kier molecular flexibility index (Phi) is 3.39.